The topological polar surface area (TPSA) is 0 Å². The first-order valence-electron chi connectivity index (χ1n) is 0. The molecule has 0 rings (SSSR count). The van der Waals surface area contributed by atoms with Crippen LogP contribution in [0.25, 0.3) is 0 Å². The molecule has 0 unspecified atom stereocenters. The van der Waals surface area contributed by atoms with E-state index in [0.717, 1.165) is 0 Å². The van der Waals surface area contributed by atoms with Gasteiger partial charge in [0, 0.05) is 0 Å². The van der Waals surface area contributed by atoms with E-state index in [2.05, 4.69) is 0 Å². The van der Waals surface area contributed by atoms with Crippen molar-refractivity contribution in [3.63, 3.8) is 0 Å². The molecule has 0 nitrogen and oxygen atoms in total. The largest absolute Gasteiger partial charge is 1.00 e. The van der Waals surface area contributed by atoms with Crippen LogP contribution in [0.4, 0.5) is 0 Å². The van der Waals surface area contributed by atoms with Crippen molar-refractivity contribution in [1.29, 1.82) is 0 Å². The van der Waals surface area contributed by atoms with E-state index in [9.17, 15) is 0 Å². The third kappa shape index (κ3) is 9.06. The van der Waals surface area contributed by atoms with Gasteiger partial charge in [-0.25, -0.2) is 0 Å². The van der Waals surface area contributed by atoms with Gasteiger partial charge in [-0.15, -0.1) is 0 Å². The zero-order chi connectivity index (χ0) is 0. The fraction of sp³-hybridized carbons (Fsp3) is 0. The fourth-order valence-electron chi connectivity index (χ4n) is 0. The molecule has 8 valence electrons. The Morgan fingerprint density at radius 3 is 0.750 bits per heavy atom. The minimum absolute atomic E-state index is 0. The van der Waals surface area contributed by atoms with Crippen LogP contribution in [-0.4, -0.2) is 0 Å². The van der Waals surface area contributed by atoms with Crippen LogP contribution < -0.4 is 108 Å². The predicted molar refractivity (Wildman–Crippen MR) is 4.45 cm³/mol. The number of hydrogen-bond acceptors (Lipinski definition) is 0. The zero-order valence-corrected chi connectivity index (χ0v) is 7.12. The van der Waals surface area contributed by atoms with Crippen molar-refractivity contribution in [3.05, 3.63) is 0 Å². The van der Waals surface area contributed by atoms with Gasteiger partial charge in [0.2, 0.25) is 0 Å². The van der Waals surface area contributed by atoms with E-state index in [1.54, 1.807) is 0 Å². The molecule has 0 aliphatic rings. The summed E-state index contributed by atoms with van der Waals surface area (Å²) < 4.78 is 0. The Labute approximate surface area is 111 Å². The molecule has 0 spiro atoms. The molecule has 0 heterocycles. The van der Waals surface area contributed by atoms with Crippen molar-refractivity contribution in [2.45, 2.75) is 0 Å². The van der Waals surface area contributed by atoms with Gasteiger partial charge in [-0.3, -0.25) is 0 Å². The van der Waals surface area contributed by atoms with Gasteiger partial charge in [-0.05, 0) is 0 Å². The van der Waals surface area contributed by atoms with Crippen molar-refractivity contribution in [2.75, 3.05) is 0 Å². The summed E-state index contributed by atoms with van der Waals surface area (Å²) in [5, 5.41) is 0. The van der Waals surface area contributed by atoms with Gasteiger partial charge in [-0.1, -0.05) is 0 Å². The molecule has 0 bridgehead atoms. The summed E-state index contributed by atoms with van der Waals surface area (Å²) >= 11 is 0. The van der Waals surface area contributed by atoms with Gasteiger partial charge in [0.05, 0.1) is 0 Å². The van der Waals surface area contributed by atoms with Gasteiger partial charge in [0.1, 0.15) is 0 Å². The Hall–Kier alpha value is 3.43. The van der Waals surface area contributed by atoms with E-state index in [4.69, 9.17) is 0 Å². The maximum absolute atomic E-state index is 0. The first kappa shape index (κ1) is 26.1. The molecule has 0 amide bonds. The van der Waals surface area contributed by atoms with Gasteiger partial charge < -0.3 is 5.71 Å². The summed E-state index contributed by atoms with van der Waals surface area (Å²) in [5.41, 5.74) is 0. The Balaban J connectivity index is 0. The van der Waals surface area contributed by atoms with Crippen LogP contribution in [0.2, 0.25) is 0 Å². The monoisotopic (exact) mass is 64.0 g/mol. The zero-order valence-electron chi connectivity index (χ0n) is 8.00. The quantitative estimate of drug-likeness (QED) is 0.245. The summed E-state index contributed by atoms with van der Waals surface area (Å²) in [4.78, 5) is 0. The predicted octanol–water partition coefficient (Wildman–Crippen LogP) is -11.5. The van der Waals surface area contributed by atoms with E-state index >= 15 is 0 Å². The average Bonchev–Trinajstić information content (AvgIpc) is 0. The second-order valence-electron chi connectivity index (χ2n) is 0. The summed E-state index contributed by atoms with van der Waals surface area (Å²) in [6.45, 7) is 0. The minimum atomic E-state index is 0. The van der Waals surface area contributed by atoms with Gasteiger partial charge in [0.15, 0.2) is 0 Å². The molecule has 0 fully saturated rings. The standard InChI is InChI=1S/K.3Li.4H/q4*+1;4*-1. The molecule has 0 N–H and O–H groups in total. The van der Waals surface area contributed by atoms with Crippen molar-refractivity contribution in [2.24, 2.45) is 0 Å². The molecule has 0 aliphatic carbocycles. The first-order chi connectivity index (χ1) is 0. The molecule has 4 heavy (non-hydrogen) atoms. The Morgan fingerprint density at radius 2 is 0.750 bits per heavy atom. The van der Waals surface area contributed by atoms with Crippen LogP contribution in [0, 0.1) is 0 Å². The smallest absolute Gasteiger partial charge is 1.00 e. The molecule has 0 aromatic heterocycles. The molecular formula is H4KLi3. The van der Waals surface area contributed by atoms with Crippen LogP contribution >= 0.6 is 0 Å². The molecule has 4 heteroatoms. The van der Waals surface area contributed by atoms with Crippen molar-refractivity contribution < 1.29 is 114 Å². The van der Waals surface area contributed by atoms with E-state index in [0.29, 0.717) is 0 Å². The van der Waals surface area contributed by atoms with Crippen LogP contribution in [0.3, 0.4) is 0 Å². The van der Waals surface area contributed by atoms with Crippen LogP contribution in [0.15, 0.2) is 0 Å². The molecule has 0 atom stereocenters. The average molecular weight is 64.0 g/mol. The molecule has 0 saturated heterocycles. The van der Waals surface area contributed by atoms with Gasteiger partial charge in [0.25, 0.3) is 0 Å². The van der Waals surface area contributed by atoms with Crippen LogP contribution in [0.5, 0.6) is 0 Å². The SMILES string of the molecule is [H-].[H-].[H-].[H-].[K+].[Li+].[Li+].[Li+]. The van der Waals surface area contributed by atoms with E-state index < -0.39 is 0 Å². The Kier molecular flexibility index (Phi) is 105. The minimum Gasteiger partial charge on any atom is -1.00 e. The maximum atomic E-state index is 0. The van der Waals surface area contributed by atoms with E-state index in [-0.39, 0.29) is 114 Å². The van der Waals surface area contributed by atoms with Gasteiger partial charge >= 0.3 is 108 Å². The van der Waals surface area contributed by atoms with Crippen LogP contribution in [0.1, 0.15) is 5.71 Å². The summed E-state index contributed by atoms with van der Waals surface area (Å²) in [6, 6.07) is 0. The van der Waals surface area contributed by atoms with Crippen molar-refractivity contribution in [1.82, 2.24) is 0 Å². The van der Waals surface area contributed by atoms with Crippen molar-refractivity contribution >= 4 is 0 Å². The molecule has 0 radical (unpaired) electrons. The van der Waals surface area contributed by atoms with Crippen molar-refractivity contribution in [3.8, 4) is 0 Å². The van der Waals surface area contributed by atoms with E-state index in [1.807, 2.05) is 0 Å². The maximum Gasteiger partial charge on any atom is 1.00 e. The number of hydrogen-bond donors (Lipinski definition) is 0. The third-order valence-corrected chi connectivity index (χ3v) is 0. The summed E-state index contributed by atoms with van der Waals surface area (Å²) in [7, 11) is 0. The molecule has 0 aliphatic heterocycles. The first-order valence-corrected chi connectivity index (χ1v) is 0. The Bertz CT molecular complexity index is 11.2. The molecular weight excluding hydrogens is 59.9 g/mol. The van der Waals surface area contributed by atoms with Crippen LogP contribution in [-0.2, 0) is 0 Å². The molecule has 0 saturated carbocycles. The normalized spacial score (nSPS) is 0. The Morgan fingerprint density at radius 1 is 0.750 bits per heavy atom. The summed E-state index contributed by atoms with van der Waals surface area (Å²) in [6.07, 6.45) is 0. The molecule has 0 aromatic carbocycles. The number of rotatable bonds is 0. The third-order valence-electron chi connectivity index (χ3n) is 0. The second kappa shape index (κ2) is 16.1. The second-order valence-corrected chi connectivity index (χ2v) is 0. The van der Waals surface area contributed by atoms with E-state index in [1.165, 1.54) is 0 Å². The summed E-state index contributed by atoms with van der Waals surface area (Å²) in [5.74, 6) is 0. The van der Waals surface area contributed by atoms with Gasteiger partial charge in [-0.2, -0.15) is 0 Å². The fourth-order valence-corrected chi connectivity index (χ4v) is 0. The molecule has 0 aromatic rings.